The van der Waals surface area contributed by atoms with Crippen molar-refractivity contribution in [3.8, 4) is 11.1 Å². The Morgan fingerprint density at radius 3 is 2.64 bits per heavy atom. The van der Waals surface area contributed by atoms with Crippen molar-refractivity contribution in [2.24, 2.45) is 0 Å². The molecule has 2 amide bonds. The fourth-order valence-corrected chi connectivity index (χ4v) is 5.71. The summed E-state index contributed by atoms with van der Waals surface area (Å²) in [5.41, 5.74) is 7.58. The highest BCUT2D eigenvalue weighted by molar-refractivity contribution is 5.94. The Morgan fingerprint density at radius 1 is 1.03 bits per heavy atom. The lowest BCUT2D eigenvalue weighted by Gasteiger charge is -2.40. The van der Waals surface area contributed by atoms with Gasteiger partial charge in [0, 0.05) is 30.4 Å². The van der Waals surface area contributed by atoms with Crippen LogP contribution in [-0.2, 0) is 16.1 Å². The third kappa shape index (κ3) is 4.04. The van der Waals surface area contributed by atoms with Gasteiger partial charge in [0.25, 0.3) is 0 Å². The number of aliphatic hydroxyl groups excluding tert-OH is 1. The summed E-state index contributed by atoms with van der Waals surface area (Å²) in [6.07, 6.45) is 0.646. The summed E-state index contributed by atoms with van der Waals surface area (Å²) >= 11 is 0. The lowest BCUT2D eigenvalue weighted by Crippen LogP contribution is -2.50. The summed E-state index contributed by atoms with van der Waals surface area (Å²) in [5.74, 6) is -0.0709. The number of fused-ring (bicyclic) bond motifs is 4. The van der Waals surface area contributed by atoms with Gasteiger partial charge >= 0.3 is 6.09 Å². The van der Waals surface area contributed by atoms with Gasteiger partial charge < -0.3 is 15.2 Å². The molecule has 0 radical (unpaired) electrons. The highest BCUT2D eigenvalue weighted by atomic mass is 16.6. The number of ether oxygens (including phenoxy) is 1. The summed E-state index contributed by atoms with van der Waals surface area (Å²) in [6.45, 7) is 4.11. The minimum Gasteiger partial charge on any atom is -0.444 e. The Hall–Kier alpha value is -3.68. The molecular formula is C29H29N3O4. The van der Waals surface area contributed by atoms with Crippen LogP contribution in [-0.4, -0.2) is 47.7 Å². The summed E-state index contributed by atoms with van der Waals surface area (Å²) in [4.78, 5) is 29.4. The molecule has 2 N–H and O–H groups in total. The number of aliphatic hydroxyl groups is 1. The minimum atomic E-state index is -0.629. The Morgan fingerprint density at radius 2 is 1.81 bits per heavy atom. The number of hydrogen-bond acceptors (Lipinski definition) is 5. The van der Waals surface area contributed by atoms with E-state index in [2.05, 4.69) is 16.3 Å². The zero-order valence-corrected chi connectivity index (χ0v) is 20.2. The summed E-state index contributed by atoms with van der Waals surface area (Å²) < 4.78 is 5.44. The molecule has 1 unspecified atom stereocenters. The molecule has 3 aliphatic rings. The quantitative estimate of drug-likeness (QED) is 0.566. The Balaban J connectivity index is 1.08. The van der Waals surface area contributed by atoms with Crippen LogP contribution in [0.25, 0.3) is 11.1 Å². The molecule has 0 bridgehead atoms. The molecule has 0 aromatic heterocycles. The van der Waals surface area contributed by atoms with Gasteiger partial charge in [0.15, 0.2) is 0 Å². The molecule has 1 fully saturated rings. The number of amides is 2. The van der Waals surface area contributed by atoms with Crippen molar-refractivity contribution in [1.82, 2.24) is 4.90 Å². The van der Waals surface area contributed by atoms with E-state index in [9.17, 15) is 14.7 Å². The van der Waals surface area contributed by atoms with Crippen LogP contribution < -0.4 is 10.2 Å². The molecule has 3 aromatic carbocycles. The summed E-state index contributed by atoms with van der Waals surface area (Å²) in [7, 11) is 0. The predicted molar refractivity (Wildman–Crippen MR) is 138 cm³/mol. The number of nitrogens with one attached hydrogen (secondary N) is 1. The molecule has 3 aromatic rings. The van der Waals surface area contributed by atoms with Gasteiger partial charge in [-0.2, -0.15) is 0 Å². The number of cyclic esters (lactones) is 1. The molecule has 1 saturated heterocycles. The van der Waals surface area contributed by atoms with Crippen LogP contribution in [0.1, 0.15) is 41.2 Å². The van der Waals surface area contributed by atoms with E-state index in [-0.39, 0.29) is 18.0 Å². The van der Waals surface area contributed by atoms with Crippen molar-refractivity contribution in [1.29, 1.82) is 0 Å². The van der Waals surface area contributed by atoms with E-state index in [1.54, 1.807) is 4.90 Å². The zero-order valence-electron chi connectivity index (χ0n) is 20.2. The van der Waals surface area contributed by atoms with E-state index in [4.69, 9.17) is 4.74 Å². The third-order valence-corrected chi connectivity index (χ3v) is 7.51. The highest BCUT2D eigenvalue weighted by Crippen LogP contribution is 2.44. The Kier molecular flexibility index (Phi) is 5.74. The molecule has 0 spiro atoms. The summed E-state index contributed by atoms with van der Waals surface area (Å²) in [5, 5.41) is 13.6. The van der Waals surface area contributed by atoms with Crippen molar-refractivity contribution in [2.75, 3.05) is 29.9 Å². The van der Waals surface area contributed by atoms with E-state index in [0.717, 1.165) is 70.7 Å². The topological polar surface area (TPSA) is 82.1 Å². The fraction of sp³-hybridized carbons (Fsp3) is 0.310. The van der Waals surface area contributed by atoms with Gasteiger partial charge in [-0.15, -0.1) is 0 Å². The van der Waals surface area contributed by atoms with Crippen molar-refractivity contribution in [3.05, 3.63) is 82.9 Å². The van der Waals surface area contributed by atoms with Crippen molar-refractivity contribution >= 4 is 23.4 Å². The van der Waals surface area contributed by atoms with Crippen LogP contribution in [0.5, 0.6) is 0 Å². The third-order valence-electron chi connectivity index (χ3n) is 7.51. The number of benzene rings is 3. The Bertz CT molecular complexity index is 1350. The number of piperidine rings is 1. The van der Waals surface area contributed by atoms with Gasteiger partial charge in [-0.1, -0.05) is 48.0 Å². The lowest BCUT2D eigenvalue weighted by atomic mass is 10.00. The van der Waals surface area contributed by atoms with Gasteiger partial charge in [0.05, 0.1) is 12.2 Å². The molecule has 1 aliphatic carbocycles. The second-order valence-corrected chi connectivity index (χ2v) is 9.90. The SMILES string of the molecule is Cc1ccc2c(c1)COC(=O)N2C1CCN(CC(=O)Nc2ccc3c(c2)-c2ccccc2C3O)CC1. The van der Waals surface area contributed by atoms with Crippen LogP contribution in [0.2, 0.25) is 0 Å². The number of rotatable bonds is 4. The molecule has 7 heteroatoms. The average Bonchev–Trinajstić information content (AvgIpc) is 3.16. The molecule has 2 heterocycles. The van der Waals surface area contributed by atoms with Crippen LogP contribution in [0.3, 0.4) is 0 Å². The molecule has 184 valence electrons. The van der Waals surface area contributed by atoms with Gasteiger partial charge in [-0.05, 0) is 60.2 Å². The van der Waals surface area contributed by atoms with Crippen LogP contribution in [0.4, 0.5) is 16.2 Å². The zero-order chi connectivity index (χ0) is 24.8. The molecule has 7 nitrogen and oxygen atoms in total. The number of anilines is 2. The number of nitrogens with zero attached hydrogens (tertiary/aromatic N) is 2. The van der Waals surface area contributed by atoms with Crippen LogP contribution >= 0.6 is 0 Å². The summed E-state index contributed by atoms with van der Waals surface area (Å²) in [6, 6.07) is 19.7. The van der Waals surface area contributed by atoms with Crippen molar-refractivity contribution < 1.29 is 19.4 Å². The number of aryl methyl sites for hydroxylation is 1. The molecule has 6 rings (SSSR count). The minimum absolute atomic E-state index is 0.0572. The standard InChI is InChI=1S/C29H29N3O4/c1-18-6-9-26-19(14-18)17-36-29(35)32(26)21-10-12-31(13-11-21)16-27(33)30-20-7-8-24-25(15-20)22-4-2-3-5-23(22)28(24)34/h2-9,14-15,21,28,34H,10-13,16-17H2,1H3,(H,30,33). The molecule has 36 heavy (non-hydrogen) atoms. The normalized spacial score (nSPS) is 19.3. The van der Waals surface area contributed by atoms with Crippen LogP contribution in [0, 0.1) is 6.92 Å². The number of likely N-dealkylation sites (tertiary alicyclic amines) is 1. The Labute approximate surface area is 210 Å². The van der Waals surface area contributed by atoms with Crippen LogP contribution in [0.15, 0.2) is 60.7 Å². The lowest BCUT2D eigenvalue weighted by molar-refractivity contribution is -0.117. The number of hydrogen-bond donors (Lipinski definition) is 2. The molecular weight excluding hydrogens is 454 g/mol. The van der Waals surface area contributed by atoms with Gasteiger partial charge in [0.1, 0.15) is 12.7 Å². The maximum Gasteiger partial charge on any atom is 0.414 e. The number of carbonyl (C=O) groups excluding carboxylic acids is 2. The van der Waals surface area contributed by atoms with E-state index in [1.165, 1.54) is 0 Å². The predicted octanol–water partition coefficient (Wildman–Crippen LogP) is 4.62. The first kappa shape index (κ1) is 22.8. The maximum absolute atomic E-state index is 12.8. The number of carbonyl (C=O) groups is 2. The largest absolute Gasteiger partial charge is 0.444 e. The van der Waals surface area contributed by atoms with E-state index in [0.29, 0.717) is 13.2 Å². The highest BCUT2D eigenvalue weighted by Gasteiger charge is 2.34. The first-order chi connectivity index (χ1) is 17.5. The van der Waals surface area contributed by atoms with Crippen molar-refractivity contribution in [3.63, 3.8) is 0 Å². The maximum atomic E-state index is 12.8. The van der Waals surface area contributed by atoms with Gasteiger partial charge in [-0.3, -0.25) is 14.6 Å². The smallest absolute Gasteiger partial charge is 0.414 e. The second kappa shape index (κ2) is 9.08. The molecule has 2 aliphatic heterocycles. The van der Waals surface area contributed by atoms with Crippen molar-refractivity contribution in [2.45, 2.75) is 38.5 Å². The molecule has 0 saturated carbocycles. The molecule has 1 atom stereocenters. The first-order valence-electron chi connectivity index (χ1n) is 12.5. The van der Waals surface area contributed by atoms with E-state index in [1.807, 2.05) is 61.5 Å². The monoisotopic (exact) mass is 483 g/mol. The first-order valence-corrected chi connectivity index (χ1v) is 12.5. The van der Waals surface area contributed by atoms with Gasteiger partial charge in [0.2, 0.25) is 5.91 Å². The second-order valence-electron chi connectivity index (χ2n) is 9.90. The van der Waals surface area contributed by atoms with E-state index >= 15 is 0 Å². The van der Waals surface area contributed by atoms with E-state index < -0.39 is 6.10 Å². The fourth-order valence-electron chi connectivity index (χ4n) is 5.71. The van der Waals surface area contributed by atoms with Gasteiger partial charge in [-0.25, -0.2) is 4.79 Å². The average molecular weight is 484 g/mol.